The number of para-hydroxylation sites is 1. The zero-order valence-electron chi connectivity index (χ0n) is 16.6. The second-order valence-corrected chi connectivity index (χ2v) is 8.24. The number of fused-ring (bicyclic) bond motifs is 3. The molecule has 30 heavy (non-hydrogen) atoms. The maximum absolute atomic E-state index is 13.5. The van der Waals surface area contributed by atoms with Crippen molar-refractivity contribution in [3.8, 4) is 0 Å². The molecule has 3 amide bonds. The summed E-state index contributed by atoms with van der Waals surface area (Å²) in [7, 11) is 0. The van der Waals surface area contributed by atoms with Gasteiger partial charge in [0.25, 0.3) is 5.91 Å². The Kier molecular flexibility index (Phi) is 4.87. The van der Waals surface area contributed by atoms with Crippen molar-refractivity contribution in [1.82, 2.24) is 4.90 Å². The topological polar surface area (TPSA) is 66.9 Å². The van der Waals surface area contributed by atoms with Gasteiger partial charge < -0.3 is 9.64 Å². The Hall–Kier alpha value is -2.99. The van der Waals surface area contributed by atoms with Crippen molar-refractivity contribution in [3.05, 3.63) is 66.2 Å². The highest BCUT2D eigenvalue weighted by Gasteiger charge is 2.57. The van der Waals surface area contributed by atoms with Crippen molar-refractivity contribution in [2.24, 2.45) is 5.92 Å². The third kappa shape index (κ3) is 3.12. The van der Waals surface area contributed by atoms with Crippen molar-refractivity contribution in [2.75, 3.05) is 11.4 Å². The van der Waals surface area contributed by atoms with Crippen LogP contribution in [0.4, 0.5) is 10.5 Å². The second kappa shape index (κ2) is 7.69. The van der Waals surface area contributed by atoms with Crippen LogP contribution in [-0.4, -0.2) is 47.4 Å². The maximum atomic E-state index is 13.5. The number of imide groups is 1. The van der Waals surface area contributed by atoms with Gasteiger partial charge in [-0.1, -0.05) is 61.4 Å². The molecule has 2 aliphatic heterocycles. The van der Waals surface area contributed by atoms with Gasteiger partial charge in [0, 0.05) is 11.5 Å². The number of urea groups is 1. The van der Waals surface area contributed by atoms with E-state index in [9.17, 15) is 14.4 Å². The fourth-order valence-electron chi connectivity index (χ4n) is 5.11. The van der Waals surface area contributed by atoms with Gasteiger partial charge in [-0.05, 0) is 25.0 Å². The summed E-state index contributed by atoms with van der Waals surface area (Å²) in [4.78, 5) is 42.6. The number of hydrogen-bond acceptors (Lipinski definition) is 4. The Labute approximate surface area is 175 Å². The van der Waals surface area contributed by atoms with Gasteiger partial charge in [-0.15, -0.1) is 0 Å². The average Bonchev–Trinajstić information content (AvgIpc) is 3.18. The van der Waals surface area contributed by atoms with Crippen molar-refractivity contribution in [3.63, 3.8) is 0 Å². The van der Waals surface area contributed by atoms with Crippen LogP contribution < -0.4 is 4.90 Å². The molecule has 4 atom stereocenters. The lowest BCUT2D eigenvalue weighted by Crippen LogP contribution is -2.65. The number of carbonyl (C=O) groups excluding carboxylic acids is 3. The third-order valence-corrected chi connectivity index (χ3v) is 6.51. The highest BCUT2D eigenvalue weighted by Crippen LogP contribution is 2.43. The lowest BCUT2D eigenvalue weighted by molar-refractivity contribution is -0.132. The van der Waals surface area contributed by atoms with Gasteiger partial charge in [0.05, 0.1) is 24.4 Å². The predicted octanol–water partition coefficient (Wildman–Crippen LogP) is 3.66. The molecule has 1 saturated carbocycles. The van der Waals surface area contributed by atoms with E-state index in [-0.39, 0.29) is 36.3 Å². The molecule has 3 fully saturated rings. The monoisotopic (exact) mass is 404 g/mol. The first-order valence-corrected chi connectivity index (χ1v) is 10.6. The van der Waals surface area contributed by atoms with Gasteiger partial charge in [-0.25, -0.2) is 9.69 Å². The summed E-state index contributed by atoms with van der Waals surface area (Å²) in [6.07, 6.45) is 3.17. The van der Waals surface area contributed by atoms with E-state index >= 15 is 0 Å². The highest BCUT2D eigenvalue weighted by molar-refractivity contribution is 6.18. The van der Waals surface area contributed by atoms with E-state index in [0.29, 0.717) is 11.3 Å². The summed E-state index contributed by atoms with van der Waals surface area (Å²) in [5.41, 5.74) is 1.06. The molecule has 6 heteroatoms. The Morgan fingerprint density at radius 2 is 1.60 bits per heavy atom. The summed E-state index contributed by atoms with van der Waals surface area (Å²) in [5.74, 6) is -0.364. The van der Waals surface area contributed by atoms with E-state index in [1.807, 2.05) is 24.3 Å². The molecule has 2 aromatic rings. The Morgan fingerprint density at radius 3 is 2.33 bits per heavy atom. The van der Waals surface area contributed by atoms with Crippen LogP contribution in [0.15, 0.2) is 60.7 Å². The quantitative estimate of drug-likeness (QED) is 0.730. The molecule has 0 radical (unpaired) electrons. The predicted molar refractivity (Wildman–Crippen MR) is 111 cm³/mol. The summed E-state index contributed by atoms with van der Waals surface area (Å²) >= 11 is 0. The number of anilines is 1. The summed E-state index contributed by atoms with van der Waals surface area (Å²) in [6, 6.07) is 17.0. The number of ketones is 1. The molecule has 0 bridgehead atoms. The first-order chi connectivity index (χ1) is 14.6. The van der Waals surface area contributed by atoms with E-state index < -0.39 is 12.1 Å². The molecule has 0 N–H and O–H groups in total. The molecule has 4 unspecified atom stereocenters. The Bertz CT molecular complexity index is 962. The summed E-state index contributed by atoms with van der Waals surface area (Å²) < 4.78 is 6.20. The first-order valence-electron chi connectivity index (χ1n) is 10.6. The number of benzene rings is 2. The summed E-state index contributed by atoms with van der Waals surface area (Å²) in [5, 5.41) is 0. The number of nitrogens with zero attached hydrogens (tertiary/aromatic N) is 2. The van der Waals surface area contributed by atoms with E-state index in [0.717, 1.165) is 25.7 Å². The number of amides is 3. The largest absolute Gasteiger partial charge is 0.363 e. The maximum Gasteiger partial charge on any atom is 0.332 e. The zero-order valence-corrected chi connectivity index (χ0v) is 16.6. The minimum atomic E-state index is -0.723. The van der Waals surface area contributed by atoms with Crippen molar-refractivity contribution in [2.45, 2.75) is 43.9 Å². The fourth-order valence-corrected chi connectivity index (χ4v) is 5.11. The smallest absolute Gasteiger partial charge is 0.332 e. The van der Waals surface area contributed by atoms with Crippen molar-refractivity contribution >= 4 is 23.4 Å². The van der Waals surface area contributed by atoms with Gasteiger partial charge >= 0.3 is 6.03 Å². The van der Waals surface area contributed by atoms with Gasteiger partial charge in [-0.2, -0.15) is 0 Å². The highest BCUT2D eigenvalue weighted by atomic mass is 16.5. The number of ether oxygens (including phenoxy) is 1. The first kappa shape index (κ1) is 19.0. The minimum Gasteiger partial charge on any atom is -0.363 e. The molecule has 0 aromatic heterocycles. The Morgan fingerprint density at radius 1 is 0.933 bits per heavy atom. The molecule has 2 aromatic carbocycles. The van der Waals surface area contributed by atoms with Crippen LogP contribution >= 0.6 is 0 Å². The van der Waals surface area contributed by atoms with Crippen LogP contribution in [0.5, 0.6) is 0 Å². The lowest BCUT2D eigenvalue weighted by Gasteiger charge is -2.43. The number of hydrogen-bond donors (Lipinski definition) is 0. The van der Waals surface area contributed by atoms with Crippen LogP contribution in [0.25, 0.3) is 0 Å². The van der Waals surface area contributed by atoms with Crippen LogP contribution in [0, 0.1) is 5.92 Å². The molecule has 2 saturated heterocycles. The SMILES string of the molecule is O=C(CN1C(=O)N(c2ccccc2)C(=O)C2OC3CCCCC3C21)c1ccccc1. The number of Topliss-reactive ketones (excluding diaryl/α,β-unsaturated/α-hetero) is 1. The lowest BCUT2D eigenvalue weighted by atomic mass is 9.80. The number of carbonyl (C=O) groups is 3. The molecule has 154 valence electrons. The molecule has 1 aliphatic carbocycles. The second-order valence-electron chi connectivity index (χ2n) is 8.24. The van der Waals surface area contributed by atoms with Crippen molar-refractivity contribution < 1.29 is 19.1 Å². The molecule has 6 nitrogen and oxygen atoms in total. The van der Waals surface area contributed by atoms with Crippen LogP contribution in [0.3, 0.4) is 0 Å². The standard InChI is InChI=1S/C24H24N2O4/c27-19(16-9-3-1-4-10-16)15-25-21-18-13-7-8-14-20(18)30-22(21)23(28)26(24(25)29)17-11-5-2-6-12-17/h1-6,9-12,18,20-22H,7-8,13-15H2. The minimum absolute atomic E-state index is 0.0319. The van der Waals surface area contributed by atoms with E-state index in [4.69, 9.17) is 4.74 Å². The normalized spacial score (nSPS) is 28.3. The number of rotatable bonds is 4. The van der Waals surface area contributed by atoms with Gasteiger partial charge in [0.15, 0.2) is 11.9 Å². The fraction of sp³-hybridized carbons (Fsp3) is 0.375. The molecular formula is C24H24N2O4. The van der Waals surface area contributed by atoms with E-state index in [1.54, 1.807) is 41.3 Å². The molecular weight excluding hydrogens is 380 g/mol. The molecule has 0 spiro atoms. The molecule has 2 heterocycles. The van der Waals surface area contributed by atoms with Gasteiger partial charge in [-0.3, -0.25) is 9.59 Å². The van der Waals surface area contributed by atoms with E-state index in [2.05, 4.69) is 0 Å². The average molecular weight is 404 g/mol. The zero-order chi connectivity index (χ0) is 20.7. The van der Waals surface area contributed by atoms with Crippen LogP contribution in [0.1, 0.15) is 36.0 Å². The van der Waals surface area contributed by atoms with E-state index in [1.165, 1.54) is 4.90 Å². The van der Waals surface area contributed by atoms with Crippen LogP contribution in [0.2, 0.25) is 0 Å². The third-order valence-electron chi connectivity index (χ3n) is 6.51. The molecule has 5 rings (SSSR count). The molecule has 3 aliphatic rings. The van der Waals surface area contributed by atoms with Crippen LogP contribution in [-0.2, 0) is 9.53 Å². The van der Waals surface area contributed by atoms with Crippen molar-refractivity contribution in [1.29, 1.82) is 0 Å². The Balaban J connectivity index is 1.52. The summed E-state index contributed by atoms with van der Waals surface area (Å²) in [6.45, 7) is -0.0623. The van der Waals surface area contributed by atoms with Gasteiger partial charge in [0.1, 0.15) is 0 Å². The van der Waals surface area contributed by atoms with Gasteiger partial charge in [0.2, 0.25) is 0 Å².